The van der Waals surface area contributed by atoms with Gasteiger partial charge >= 0.3 is 0 Å². The SMILES string of the molecule is O=C(NCc1ccccn1)c1ccc(OC2CCN(c3cnccn3)CC2)cc1. The Morgan fingerprint density at radius 1 is 1.03 bits per heavy atom. The number of piperidine rings is 1. The van der Waals surface area contributed by atoms with Gasteiger partial charge in [0, 0.05) is 50.1 Å². The Bertz CT molecular complexity index is 911. The highest BCUT2D eigenvalue weighted by atomic mass is 16.5. The van der Waals surface area contributed by atoms with Crippen LogP contribution in [0.15, 0.2) is 67.3 Å². The average molecular weight is 389 g/mol. The van der Waals surface area contributed by atoms with Crippen LogP contribution in [0.5, 0.6) is 5.75 Å². The molecule has 0 spiro atoms. The Morgan fingerprint density at radius 2 is 1.86 bits per heavy atom. The monoisotopic (exact) mass is 389 g/mol. The van der Waals surface area contributed by atoms with E-state index < -0.39 is 0 Å². The number of carbonyl (C=O) groups is 1. The first-order valence-corrected chi connectivity index (χ1v) is 9.74. The van der Waals surface area contributed by atoms with Crippen LogP contribution in [-0.4, -0.2) is 40.1 Å². The van der Waals surface area contributed by atoms with Crippen LogP contribution < -0.4 is 15.0 Å². The Hall–Kier alpha value is -3.48. The fraction of sp³-hybridized carbons (Fsp3) is 0.273. The van der Waals surface area contributed by atoms with Crippen LogP contribution >= 0.6 is 0 Å². The minimum Gasteiger partial charge on any atom is -0.490 e. The zero-order chi connectivity index (χ0) is 19.9. The van der Waals surface area contributed by atoms with Crippen molar-refractivity contribution < 1.29 is 9.53 Å². The number of hydrogen-bond acceptors (Lipinski definition) is 6. The first-order valence-electron chi connectivity index (χ1n) is 9.74. The summed E-state index contributed by atoms with van der Waals surface area (Å²) in [4.78, 5) is 27.2. The van der Waals surface area contributed by atoms with Gasteiger partial charge in [0.1, 0.15) is 17.7 Å². The molecule has 1 aromatic carbocycles. The van der Waals surface area contributed by atoms with Crippen molar-refractivity contribution in [3.05, 3.63) is 78.5 Å². The second-order valence-corrected chi connectivity index (χ2v) is 6.90. The van der Waals surface area contributed by atoms with Crippen molar-refractivity contribution in [1.29, 1.82) is 0 Å². The molecule has 1 N–H and O–H groups in total. The molecule has 148 valence electrons. The van der Waals surface area contributed by atoms with E-state index in [9.17, 15) is 4.79 Å². The molecule has 1 amide bonds. The largest absolute Gasteiger partial charge is 0.490 e. The highest BCUT2D eigenvalue weighted by Crippen LogP contribution is 2.22. The molecule has 2 aromatic heterocycles. The van der Waals surface area contributed by atoms with Crippen LogP contribution in [0.1, 0.15) is 28.9 Å². The maximum absolute atomic E-state index is 12.3. The Labute approximate surface area is 169 Å². The second-order valence-electron chi connectivity index (χ2n) is 6.90. The van der Waals surface area contributed by atoms with Gasteiger partial charge in [-0.2, -0.15) is 0 Å². The van der Waals surface area contributed by atoms with Gasteiger partial charge in [0.05, 0.1) is 18.4 Å². The molecule has 0 bridgehead atoms. The number of hydrogen-bond donors (Lipinski definition) is 1. The summed E-state index contributed by atoms with van der Waals surface area (Å²) in [5.41, 5.74) is 1.43. The van der Waals surface area contributed by atoms with Gasteiger partial charge in [0.25, 0.3) is 5.91 Å². The number of aromatic nitrogens is 3. The topological polar surface area (TPSA) is 80.2 Å². The predicted molar refractivity (Wildman–Crippen MR) is 110 cm³/mol. The summed E-state index contributed by atoms with van der Waals surface area (Å²) in [6.45, 7) is 2.18. The fourth-order valence-electron chi connectivity index (χ4n) is 3.31. The minimum atomic E-state index is -0.125. The third kappa shape index (κ3) is 5.07. The van der Waals surface area contributed by atoms with Crippen LogP contribution in [0.4, 0.5) is 5.82 Å². The molecule has 29 heavy (non-hydrogen) atoms. The Kier molecular flexibility index (Phi) is 5.95. The number of anilines is 1. The highest BCUT2D eigenvalue weighted by Gasteiger charge is 2.21. The molecule has 3 heterocycles. The van der Waals surface area contributed by atoms with Crippen molar-refractivity contribution >= 4 is 11.7 Å². The van der Waals surface area contributed by atoms with Gasteiger partial charge in [-0.3, -0.25) is 14.8 Å². The number of benzene rings is 1. The molecule has 0 unspecified atom stereocenters. The molecule has 3 aromatic rings. The van der Waals surface area contributed by atoms with Crippen molar-refractivity contribution in [1.82, 2.24) is 20.3 Å². The van der Waals surface area contributed by atoms with Gasteiger partial charge < -0.3 is 15.0 Å². The molecular weight excluding hydrogens is 366 g/mol. The average Bonchev–Trinajstić information content (AvgIpc) is 2.80. The van der Waals surface area contributed by atoms with Gasteiger partial charge in [-0.05, 0) is 36.4 Å². The molecule has 0 atom stereocenters. The van der Waals surface area contributed by atoms with Gasteiger partial charge in [-0.25, -0.2) is 4.98 Å². The smallest absolute Gasteiger partial charge is 0.251 e. The van der Waals surface area contributed by atoms with Crippen LogP contribution in [-0.2, 0) is 6.54 Å². The number of rotatable bonds is 6. The maximum Gasteiger partial charge on any atom is 0.251 e. The zero-order valence-electron chi connectivity index (χ0n) is 16.1. The summed E-state index contributed by atoms with van der Waals surface area (Å²) in [6.07, 6.45) is 8.90. The fourth-order valence-corrected chi connectivity index (χ4v) is 3.31. The first-order chi connectivity index (χ1) is 14.3. The lowest BCUT2D eigenvalue weighted by Gasteiger charge is -2.32. The summed E-state index contributed by atoms with van der Waals surface area (Å²) < 4.78 is 6.10. The summed E-state index contributed by atoms with van der Waals surface area (Å²) in [7, 11) is 0. The van der Waals surface area contributed by atoms with Crippen molar-refractivity contribution in [3.8, 4) is 5.75 Å². The van der Waals surface area contributed by atoms with E-state index in [1.807, 2.05) is 30.3 Å². The normalized spacial score (nSPS) is 14.4. The molecule has 1 fully saturated rings. The molecule has 1 aliphatic rings. The second kappa shape index (κ2) is 9.14. The molecule has 1 aliphatic heterocycles. The number of nitrogens with one attached hydrogen (secondary N) is 1. The van der Waals surface area contributed by atoms with E-state index >= 15 is 0 Å². The summed E-state index contributed by atoms with van der Waals surface area (Å²) in [6, 6.07) is 12.9. The first kappa shape index (κ1) is 18.9. The molecule has 0 saturated carbocycles. The van der Waals surface area contributed by atoms with E-state index in [1.165, 1.54) is 0 Å². The number of amides is 1. The van der Waals surface area contributed by atoms with Crippen molar-refractivity contribution in [2.24, 2.45) is 0 Å². The predicted octanol–water partition coefficient (Wildman–Crippen LogP) is 2.85. The van der Waals surface area contributed by atoms with Crippen molar-refractivity contribution in [2.75, 3.05) is 18.0 Å². The van der Waals surface area contributed by atoms with Crippen LogP contribution in [0.3, 0.4) is 0 Å². The highest BCUT2D eigenvalue weighted by molar-refractivity contribution is 5.94. The van der Waals surface area contributed by atoms with E-state index in [1.54, 1.807) is 36.9 Å². The molecule has 0 aliphatic carbocycles. The van der Waals surface area contributed by atoms with E-state index in [4.69, 9.17) is 4.74 Å². The quantitative estimate of drug-likeness (QED) is 0.698. The van der Waals surface area contributed by atoms with E-state index in [0.29, 0.717) is 12.1 Å². The van der Waals surface area contributed by atoms with E-state index in [-0.39, 0.29) is 12.0 Å². The van der Waals surface area contributed by atoms with Crippen molar-refractivity contribution in [2.45, 2.75) is 25.5 Å². The lowest BCUT2D eigenvalue weighted by Crippen LogP contribution is -2.38. The Morgan fingerprint density at radius 3 is 2.55 bits per heavy atom. The lowest BCUT2D eigenvalue weighted by atomic mass is 10.1. The van der Waals surface area contributed by atoms with E-state index in [0.717, 1.165) is 43.2 Å². The standard InChI is InChI=1S/C22H23N5O2/c28-22(26-15-18-3-1-2-10-24-18)17-4-6-19(7-5-17)29-20-8-13-27(14-9-20)21-16-23-11-12-25-21/h1-7,10-12,16,20H,8-9,13-15H2,(H,26,28). The van der Waals surface area contributed by atoms with E-state index in [2.05, 4.69) is 25.2 Å². The van der Waals surface area contributed by atoms with Gasteiger partial charge in [0.15, 0.2) is 0 Å². The van der Waals surface area contributed by atoms with Crippen LogP contribution in [0, 0.1) is 0 Å². The zero-order valence-corrected chi connectivity index (χ0v) is 16.1. The summed E-state index contributed by atoms with van der Waals surface area (Å²) in [5, 5.41) is 2.88. The molecule has 7 heteroatoms. The molecule has 1 saturated heterocycles. The molecule has 7 nitrogen and oxygen atoms in total. The molecule has 4 rings (SSSR count). The third-order valence-corrected chi connectivity index (χ3v) is 4.89. The van der Waals surface area contributed by atoms with Crippen molar-refractivity contribution in [3.63, 3.8) is 0 Å². The summed E-state index contributed by atoms with van der Waals surface area (Å²) in [5.74, 6) is 1.57. The minimum absolute atomic E-state index is 0.125. The van der Waals surface area contributed by atoms with Gasteiger partial charge in [-0.1, -0.05) is 6.07 Å². The third-order valence-electron chi connectivity index (χ3n) is 4.89. The number of ether oxygens (including phenoxy) is 1. The molecular formula is C22H23N5O2. The number of carbonyl (C=O) groups excluding carboxylic acids is 1. The number of nitrogens with zero attached hydrogens (tertiary/aromatic N) is 4. The van der Waals surface area contributed by atoms with Crippen LogP contribution in [0.25, 0.3) is 0 Å². The Balaban J connectivity index is 1.26. The lowest BCUT2D eigenvalue weighted by molar-refractivity contribution is 0.0950. The van der Waals surface area contributed by atoms with Gasteiger partial charge in [0.2, 0.25) is 0 Å². The molecule has 0 radical (unpaired) electrons. The number of pyridine rings is 1. The maximum atomic E-state index is 12.3. The van der Waals surface area contributed by atoms with Crippen LogP contribution in [0.2, 0.25) is 0 Å². The summed E-state index contributed by atoms with van der Waals surface area (Å²) >= 11 is 0. The van der Waals surface area contributed by atoms with Gasteiger partial charge in [-0.15, -0.1) is 0 Å².